The molecule has 0 aliphatic rings. The molecule has 280 valence electrons. The van der Waals surface area contributed by atoms with Crippen molar-refractivity contribution in [2.24, 2.45) is 25.6 Å². The van der Waals surface area contributed by atoms with Gasteiger partial charge in [0.1, 0.15) is 11.6 Å². The van der Waals surface area contributed by atoms with Crippen LogP contribution in [0.5, 0.6) is 0 Å². The molecular weight excluding hydrogens is 677 g/mol. The van der Waals surface area contributed by atoms with E-state index in [0.29, 0.717) is 12.8 Å². The topological polar surface area (TPSA) is 173 Å². The van der Waals surface area contributed by atoms with E-state index in [1.54, 1.807) is 9.36 Å². The highest BCUT2D eigenvalue weighted by Crippen LogP contribution is 2.23. The smallest absolute Gasteiger partial charge is 0.224 e. The first-order chi connectivity index (χ1) is 25.9. The van der Waals surface area contributed by atoms with Gasteiger partial charge in [-0.15, -0.1) is 0 Å². The maximum absolute atomic E-state index is 11.6. The molecule has 0 fully saturated rings. The van der Waals surface area contributed by atoms with Gasteiger partial charge in [0.2, 0.25) is 11.8 Å². The Labute approximate surface area is 317 Å². The number of carbonyl (C=O) groups excluding carboxylic acids is 2. The molecule has 2 aromatic carbocycles. The molecule has 0 spiro atoms. The van der Waals surface area contributed by atoms with Crippen LogP contribution >= 0.6 is 0 Å². The van der Waals surface area contributed by atoms with Crippen LogP contribution < -0.4 is 11.5 Å². The fourth-order valence-electron chi connectivity index (χ4n) is 6.39. The summed E-state index contributed by atoms with van der Waals surface area (Å²) in [5.74, 6) is 0.381. The standard InChI is InChI=1S/2C21H25N5O/c2*1-14-11-23-20(10-16-12-24-26(3)13-16)25-19(14)9-8-17-6-4-5-7-18(17)15(2)21(22)27/h2*4-7,11-13,15H,8-10H2,1-3H3,(H2,22,27)/t2*15-/m10/s1. The number of benzene rings is 2. The number of hydrogen-bond acceptors (Lipinski definition) is 8. The molecule has 0 radical (unpaired) electrons. The predicted molar refractivity (Wildman–Crippen MR) is 208 cm³/mol. The molecule has 2 atom stereocenters. The van der Waals surface area contributed by atoms with E-state index in [4.69, 9.17) is 21.4 Å². The second kappa shape index (κ2) is 18.1. The molecule has 4 heterocycles. The van der Waals surface area contributed by atoms with Crippen LogP contribution in [0.4, 0.5) is 0 Å². The third-order valence-corrected chi connectivity index (χ3v) is 9.65. The number of nitrogens with zero attached hydrogens (tertiary/aromatic N) is 8. The SMILES string of the molecule is Cc1cnc(Cc2cnn(C)c2)nc1CCc1ccccc1[C@@H](C)C(N)=O.Cc1cnc(Cc2cnn(C)c2)nc1CCc1ccccc1[C@H](C)C(N)=O. The molecule has 12 nitrogen and oxygen atoms in total. The summed E-state index contributed by atoms with van der Waals surface area (Å²) >= 11 is 0. The van der Waals surface area contributed by atoms with Gasteiger partial charge >= 0.3 is 0 Å². The Bertz CT molecular complexity index is 2050. The fraction of sp³-hybridized carbons (Fsp3) is 0.333. The minimum Gasteiger partial charge on any atom is -0.369 e. The summed E-state index contributed by atoms with van der Waals surface area (Å²) < 4.78 is 3.56. The van der Waals surface area contributed by atoms with E-state index >= 15 is 0 Å². The van der Waals surface area contributed by atoms with E-state index in [1.807, 2.05) is 115 Å². The second-order valence-electron chi connectivity index (χ2n) is 13.9. The van der Waals surface area contributed by atoms with Gasteiger partial charge in [-0.05, 0) is 97.9 Å². The summed E-state index contributed by atoms with van der Waals surface area (Å²) in [6.07, 6.45) is 15.9. The zero-order valence-corrected chi connectivity index (χ0v) is 32.0. The highest BCUT2D eigenvalue weighted by Gasteiger charge is 2.17. The van der Waals surface area contributed by atoms with Crippen LogP contribution in [0.1, 0.15) is 93.2 Å². The molecule has 6 aromatic rings. The van der Waals surface area contributed by atoms with E-state index < -0.39 is 0 Å². The van der Waals surface area contributed by atoms with E-state index in [-0.39, 0.29) is 23.7 Å². The number of aryl methyl sites for hydroxylation is 8. The zero-order valence-electron chi connectivity index (χ0n) is 32.0. The average Bonchev–Trinajstić information content (AvgIpc) is 3.77. The van der Waals surface area contributed by atoms with E-state index in [2.05, 4.69) is 32.3 Å². The first-order valence-corrected chi connectivity index (χ1v) is 18.2. The van der Waals surface area contributed by atoms with Crippen LogP contribution in [0, 0.1) is 13.8 Å². The second-order valence-corrected chi connectivity index (χ2v) is 13.9. The molecule has 12 heteroatoms. The van der Waals surface area contributed by atoms with E-state index in [0.717, 1.165) is 93.2 Å². The molecular formula is C42H50N10O2. The number of nitrogens with two attached hydrogens (primary N) is 2. The normalized spacial score (nSPS) is 12.1. The molecule has 4 aromatic heterocycles. The van der Waals surface area contributed by atoms with Crippen molar-refractivity contribution in [1.82, 2.24) is 39.5 Å². The monoisotopic (exact) mass is 726 g/mol. The summed E-state index contributed by atoms with van der Waals surface area (Å²) in [5.41, 5.74) is 21.6. The van der Waals surface area contributed by atoms with Crippen molar-refractivity contribution in [3.63, 3.8) is 0 Å². The van der Waals surface area contributed by atoms with Gasteiger partial charge in [-0.2, -0.15) is 10.2 Å². The first kappa shape index (κ1) is 39.2. The first-order valence-electron chi connectivity index (χ1n) is 18.2. The fourth-order valence-corrected chi connectivity index (χ4v) is 6.39. The van der Waals surface area contributed by atoms with Gasteiger partial charge in [0.25, 0.3) is 0 Å². The highest BCUT2D eigenvalue weighted by molar-refractivity contribution is 5.82. The summed E-state index contributed by atoms with van der Waals surface area (Å²) in [5, 5.41) is 8.39. The summed E-state index contributed by atoms with van der Waals surface area (Å²) in [4.78, 5) is 41.6. The maximum Gasteiger partial charge on any atom is 0.224 e. The molecule has 0 aliphatic carbocycles. The molecule has 54 heavy (non-hydrogen) atoms. The van der Waals surface area contributed by atoms with Crippen molar-refractivity contribution in [1.29, 1.82) is 0 Å². The van der Waals surface area contributed by atoms with Crippen LogP contribution in [-0.4, -0.2) is 51.3 Å². The van der Waals surface area contributed by atoms with Gasteiger partial charge in [0.15, 0.2) is 0 Å². The quantitative estimate of drug-likeness (QED) is 0.158. The number of primary amides is 2. The van der Waals surface area contributed by atoms with Crippen LogP contribution in [0.3, 0.4) is 0 Å². The molecule has 0 bridgehead atoms. The summed E-state index contributed by atoms with van der Waals surface area (Å²) in [6, 6.07) is 15.9. The number of rotatable bonds is 14. The Morgan fingerprint density at radius 2 is 1.00 bits per heavy atom. The minimum atomic E-state index is -0.306. The van der Waals surface area contributed by atoms with Gasteiger partial charge in [0.05, 0.1) is 24.2 Å². The van der Waals surface area contributed by atoms with Crippen molar-refractivity contribution in [3.8, 4) is 0 Å². The van der Waals surface area contributed by atoms with Crippen molar-refractivity contribution in [2.75, 3.05) is 0 Å². The molecule has 0 saturated carbocycles. The molecule has 0 aliphatic heterocycles. The van der Waals surface area contributed by atoms with Gasteiger partial charge in [-0.25, -0.2) is 19.9 Å². The summed E-state index contributed by atoms with van der Waals surface area (Å²) in [7, 11) is 3.80. The Morgan fingerprint density at radius 3 is 1.35 bits per heavy atom. The number of carbonyl (C=O) groups is 2. The van der Waals surface area contributed by atoms with Crippen LogP contribution in [0.2, 0.25) is 0 Å². The lowest BCUT2D eigenvalue weighted by Gasteiger charge is -2.14. The van der Waals surface area contributed by atoms with Gasteiger partial charge in [0, 0.05) is 63.1 Å². The maximum atomic E-state index is 11.6. The minimum absolute atomic E-state index is 0.297. The summed E-state index contributed by atoms with van der Waals surface area (Å²) in [6.45, 7) is 7.76. The highest BCUT2D eigenvalue weighted by atomic mass is 16.1. The van der Waals surface area contributed by atoms with Crippen molar-refractivity contribution in [2.45, 2.75) is 78.1 Å². The molecule has 0 unspecified atom stereocenters. The van der Waals surface area contributed by atoms with E-state index in [9.17, 15) is 9.59 Å². The Hall–Kier alpha value is -6.04. The van der Waals surface area contributed by atoms with Crippen LogP contribution in [-0.2, 0) is 62.2 Å². The lowest BCUT2D eigenvalue weighted by molar-refractivity contribution is -0.119. The Balaban J connectivity index is 0.000000208. The Kier molecular flexibility index (Phi) is 13.2. The van der Waals surface area contributed by atoms with Gasteiger partial charge in [-0.1, -0.05) is 48.5 Å². The lowest BCUT2D eigenvalue weighted by Crippen LogP contribution is -2.20. The zero-order chi connectivity index (χ0) is 38.8. The van der Waals surface area contributed by atoms with E-state index in [1.165, 1.54) is 0 Å². The molecule has 2 amide bonds. The predicted octanol–water partition coefficient (Wildman–Crippen LogP) is 4.97. The number of amides is 2. The average molecular weight is 727 g/mol. The number of aromatic nitrogens is 8. The van der Waals surface area contributed by atoms with Crippen molar-refractivity contribution in [3.05, 3.63) is 153 Å². The van der Waals surface area contributed by atoms with Crippen molar-refractivity contribution >= 4 is 11.8 Å². The molecule has 6 rings (SSSR count). The largest absolute Gasteiger partial charge is 0.369 e. The lowest BCUT2D eigenvalue weighted by atomic mass is 9.92. The Morgan fingerprint density at radius 1 is 0.611 bits per heavy atom. The van der Waals surface area contributed by atoms with Crippen LogP contribution in [0.15, 0.2) is 85.7 Å². The molecule has 0 saturated heterocycles. The third-order valence-electron chi connectivity index (χ3n) is 9.65. The number of hydrogen-bond donors (Lipinski definition) is 2. The van der Waals surface area contributed by atoms with Gasteiger partial charge < -0.3 is 11.5 Å². The van der Waals surface area contributed by atoms with Gasteiger partial charge in [-0.3, -0.25) is 19.0 Å². The third kappa shape index (κ3) is 10.5. The van der Waals surface area contributed by atoms with Crippen molar-refractivity contribution < 1.29 is 9.59 Å². The molecule has 4 N–H and O–H groups in total. The van der Waals surface area contributed by atoms with Crippen LogP contribution in [0.25, 0.3) is 0 Å².